The van der Waals surface area contributed by atoms with Crippen LogP contribution in [0.15, 0.2) is 55.2 Å². The minimum atomic E-state index is -5.55. The summed E-state index contributed by atoms with van der Waals surface area (Å²) in [6, 6.07) is 8.68. The minimum Gasteiger partial charge on any atom is -0.361 e. The number of sulfonamides is 1. The molecule has 198 valence electrons. The summed E-state index contributed by atoms with van der Waals surface area (Å²) in [6.45, 7) is -0.246. The Bertz CT molecular complexity index is 1290. The molecule has 1 fully saturated rings. The lowest BCUT2D eigenvalue weighted by molar-refractivity contribution is -0.0492. The Kier molecular flexibility index (Phi) is 7.26. The van der Waals surface area contributed by atoms with Crippen molar-refractivity contribution in [3.63, 3.8) is 0 Å². The second-order valence-corrected chi connectivity index (χ2v) is 11.8. The molecule has 0 bridgehead atoms. The Hall–Kier alpha value is -2.92. The first-order valence-corrected chi connectivity index (χ1v) is 14.0. The summed E-state index contributed by atoms with van der Waals surface area (Å²) in [7, 11) is -5.55. The van der Waals surface area contributed by atoms with Crippen LogP contribution in [-0.4, -0.2) is 45.8 Å². The molecule has 3 aromatic rings. The number of fused-ring (bicyclic) bond motifs is 1. The highest BCUT2D eigenvalue weighted by atomic mass is 32.2. The number of benzene rings is 1. The fraction of sp³-hybridized carbons (Fsp3) is 0.462. The molecule has 5 rings (SSSR count). The number of halogens is 3. The first-order valence-electron chi connectivity index (χ1n) is 12.6. The van der Waals surface area contributed by atoms with Crippen LogP contribution in [0, 0.1) is 5.92 Å². The second kappa shape index (κ2) is 10.4. The molecule has 1 aliphatic carbocycles. The first-order chi connectivity index (χ1) is 17.7. The summed E-state index contributed by atoms with van der Waals surface area (Å²) in [5, 5.41) is 0. The van der Waals surface area contributed by atoms with Gasteiger partial charge >= 0.3 is 15.5 Å². The van der Waals surface area contributed by atoms with Crippen LogP contribution in [0.4, 0.5) is 18.9 Å². The third-order valence-corrected chi connectivity index (χ3v) is 9.08. The van der Waals surface area contributed by atoms with Crippen molar-refractivity contribution < 1.29 is 21.6 Å². The maximum atomic E-state index is 13.8. The van der Waals surface area contributed by atoms with E-state index in [1.165, 1.54) is 12.8 Å². The maximum absolute atomic E-state index is 13.8. The van der Waals surface area contributed by atoms with Crippen LogP contribution >= 0.6 is 0 Å². The molecule has 2 aliphatic rings. The van der Waals surface area contributed by atoms with Crippen molar-refractivity contribution in [1.82, 2.24) is 19.3 Å². The van der Waals surface area contributed by atoms with E-state index in [4.69, 9.17) is 0 Å². The van der Waals surface area contributed by atoms with Crippen LogP contribution in [0.3, 0.4) is 0 Å². The van der Waals surface area contributed by atoms with Gasteiger partial charge in [0.25, 0.3) is 0 Å². The Morgan fingerprint density at radius 2 is 1.84 bits per heavy atom. The molecule has 2 aromatic heterocycles. The molecular formula is C26H30F3N5O2S. The van der Waals surface area contributed by atoms with E-state index in [0.717, 1.165) is 36.2 Å². The predicted octanol–water partition coefficient (Wildman–Crippen LogP) is 5.48. The summed E-state index contributed by atoms with van der Waals surface area (Å²) in [5.74, 6) is 0.520. The number of imidazole rings is 1. The number of alkyl halides is 3. The average molecular weight is 534 g/mol. The van der Waals surface area contributed by atoms with Gasteiger partial charge in [-0.05, 0) is 42.0 Å². The Labute approximate surface area is 214 Å². The van der Waals surface area contributed by atoms with Crippen LogP contribution in [0.2, 0.25) is 0 Å². The molecule has 1 aliphatic heterocycles. The zero-order chi connectivity index (χ0) is 26.0. The maximum Gasteiger partial charge on any atom is 0.511 e. The quantitative estimate of drug-likeness (QED) is 0.435. The number of rotatable bonds is 7. The lowest BCUT2D eigenvalue weighted by Crippen LogP contribution is -2.47. The van der Waals surface area contributed by atoms with Gasteiger partial charge in [0, 0.05) is 49.0 Å². The third kappa shape index (κ3) is 5.38. The molecule has 7 nitrogen and oxygen atoms in total. The van der Waals surface area contributed by atoms with E-state index in [9.17, 15) is 21.6 Å². The zero-order valence-electron chi connectivity index (χ0n) is 20.4. The molecule has 1 aromatic carbocycles. The molecular weight excluding hydrogens is 503 g/mol. The standard InChI is InChI=1S/C26H30F3N5O2S/c27-26(28,29)37(35,36)33-16-22(11-10-19-5-1-2-6-19)34(15-21-14-31-18-32-21)25-9-3-8-23(24(25)17-33)20-7-4-12-30-13-20/h3-4,7-9,12-14,18-19,22H,1-2,5-6,10-11,15-17H2,(H,31,32)/t22-/m1/s1. The first kappa shape index (κ1) is 25.7. The highest BCUT2D eigenvalue weighted by Crippen LogP contribution is 2.40. The fourth-order valence-electron chi connectivity index (χ4n) is 5.65. The van der Waals surface area contributed by atoms with E-state index in [2.05, 4.69) is 19.9 Å². The highest BCUT2D eigenvalue weighted by Gasteiger charge is 2.51. The van der Waals surface area contributed by atoms with Crippen LogP contribution in [0.25, 0.3) is 11.1 Å². The number of nitrogens with one attached hydrogen (secondary N) is 1. The van der Waals surface area contributed by atoms with Gasteiger partial charge < -0.3 is 9.88 Å². The molecule has 37 heavy (non-hydrogen) atoms. The second-order valence-electron chi connectivity index (χ2n) is 9.87. The lowest BCUT2D eigenvalue weighted by atomic mass is 9.96. The summed E-state index contributed by atoms with van der Waals surface area (Å²) in [5.41, 5.74) is -1.94. The van der Waals surface area contributed by atoms with E-state index in [1.54, 1.807) is 31.0 Å². The van der Waals surface area contributed by atoms with Gasteiger partial charge in [0.2, 0.25) is 0 Å². The number of nitrogens with zero attached hydrogens (tertiary/aromatic N) is 4. The molecule has 1 N–H and O–H groups in total. The van der Waals surface area contributed by atoms with E-state index in [-0.39, 0.29) is 13.1 Å². The van der Waals surface area contributed by atoms with Crippen molar-refractivity contribution in [3.05, 3.63) is 66.5 Å². The average Bonchev–Trinajstić information content (AvgIpc) is 3.56. The predicted molar refractivity (Wildman–Crippen MR) is 135 cm³/mol. The normalized spacial score (nSPS) is 19.6. The monoisotopic (exact) mass is 533 g/mol. The van der Waals surface area contributed by atoms with Crippen molar-refractivity contribution in [1.29, 1.82) is 0 Å². The molecule has 0 amide bonds. The van der Waals surface area contributed by atoms with Crippen LogP contribution < -0.4 is 4.90 Å². The molecule has 0 saturated heterocycles. The van der Waals surface area contributed by atoms with Crippen LogP contribution in [-0.2, 0) is 23.1 Å². The largest absolute Gasteiger partial charge is 0.511 e. The number of H-pyrrole nitrogens is 1. The minimum absolute atomic E-state index is 0.246. The van der Waals surface area contributed by atoms with Gasteiger partial charge in [0.15, 0.2) is 0 Å². The number of anilines is 1. The topological polar surface area (TPSA) is 82.2 Å². The molecule has 3 heterocycles. The van der Waals surface area contributed by atoms with Crippen molar-refractivity contribution in [2.45, 2.75) is 63.2 Å². The fourth-order valence-corrected chi connectivity index (χ4v) is 6.61. The van der Waals surface area contributed by atoms with E-state index in [0.29, 0.717) is 34.3 Å². The van der Waals surface area contributed by atoms with Gasteiger partial charge in [-0.1, -0.05) is 43.9 Å². The number of hydrogen-bond acceptors (Lipinski definition) is 5. The lowest BCUT2D eigenvalue weighted by Gasteiger charge is -2.34. The molecule has 0 unspecified atom stereocenters. The molecule has 1 saturated carbocycles. The molecule has 1 atom stereocenters. The summed E-state index contributed by atoms with van der Waals surface area (Å²) >= 11 is 0. The SMILES string of the molecule is O=S(=O)(N1Cc2c(-c3cccnc3)cccc2N(Cc2cnc[nH]2)[C@H](CCC2CCCC2)C1)C(F)(F)F. The van der Waals surface area contributed by atoms with E-state index in [1.807, 2.05) is 24.3 Å². The van der Waals surface area contributed by atoms with Gasteiger partial charge in [-0.25, -0.2) is 13.4 Å². The van der Waals surface area contributed by atoms with Gasteiger partial charge in [0.1, 0.15) is 0 Å². The number of hydrogen-bond donors (Lipinski definition) is 1. The number of aromatic nitrogens is 3. The van der Waals surface area contributed by atoms with E-state index < -0.39 is 21.6 Å². The van der Waals surface area contributed by atoms with Gasteiger partial charge in [-0.3, -0.25) is 4.98 Å². The van der Waals surface area contributed by atoms with Crippen molar-refractivity contribution >= 4 is 15.7 Å². The molecule has 0 radical (unpaired) electrons. The highest BCUT2D eigenvalue weighted by molar-refractivity contribution is 7.89. The van der Waals surface area contributed by atoms with Gasteiger partial charge in [-0.2, -0.15) is 17.5 Å². The summed E-state index contributed by atoms with van der Waals surface area (Å²) < 4.78 is 67.8. The van der Waals surface area contributed by atoms with E-state index >= 15 is 0 Å². The summed E-state index contributed by atoms with van der Waals surface area (Å²) in [4.78, 5) is 13.4. The Balaban J connectivity index is 1.63. The van der Waals surface area contributed by atoms with Crippen LogP contribution in [0.5, 0.6) is 0 Å². The Morgan fingerprint density at radius 1 is 1.03 bits per heavy atom. The zero-order valence-corrected chi connectivity index (χ0v) is 21.2. The van der Waals surface area contributed by atoms with Gasteiger partial charge in [0.05, 0.1) is 18.6 Å². The molecule has 0 spiro atoms. The molecule has 11 heteroatoms. The summed E-state index contributed by atoms with van der Waals surface area (Å²) in [6.07, 6.45) is 12.5. The Morgan fingerprint density at radius 3 is 2.51 bits per heavy atom. The van der Waals surface area contributed by atoms with Crippen molar-refractivity contribution in [3.8, 4) is 11.1 Å². The number of aromatic amines is 1. The smallest absolute Gasteiger partial charge is 0.361 e. The third-order valence-electron chi connectivity index (χ3n) is 7.53. The van der Waals surface area contributed by atoms with Gasteiger partial charge in [-0.15, -0.1) is 0 Å². The van der Waals surface area contributed by atoms with Crippen molar-refractivity contribution in [2.24, 2.45) is 5.92 Å². The van der Waals surface area contributed by atoms with Crippen LogP contribution in [0.1, 0.15) is 49.8 Å². The van der Waals surface area contributed by atoms with Crippen molar-refractivity contribution in [2.75, 3.05) is 11.4 Å². The number of pyridine rings is 1.